The van der Waals surface area contributed by atoms with Gasteiger partial charge in [-0.1, -0.05) is 23.9 Å². The summed E-state index contributed by atoms with van der Waals surface area (Å²) in [4.78, 5) is 26.4. The molecule has 0 radical (unpaired) electrons. The third-order valence-electron chi connectivity index (χ3n) is 4.94. The van der Waals surface area contributed by atoms with E-state index in [2.05, 4.69) is 20.8 Å². The maximum absolute atomic E-state index is 13.9. The molecule has 0 spiro atoms. The van der Waals surface area contributed by atoms with Crippen molar-refractivity contribution in [3.05, 3.63) is 59.9 Å². The monoisotopic (exact) mass is 470 g/mol. The molecule has 2 N–H and O–H groups in total. The van der Waals surface area contributed by atoms with Gasteiger partial charge in [-0.3, -0.25) is 14.2 Å². The lowest BCUT2D eigenvalue weighted by molar-refractivity contribution is -0.113. The number of carbonyl (C=O) groups excluding carboxylic acids is 2. The first-order chi connectivity index (χ1) is 16.0. The van der Waals surface area contributed by atoms with Crippen LogP contribution < -0.4 is 15.5 Å². The van der Waals surface area contributed by atoms with Crippen molar-refractivity contribution in [1.29, 1.82) is 0 Å². The molecule has 1 aromatic heterocycles. The fourth-order valence-electron chi connectivity index (χ4n) is 3.37. The smallest absolute Gasteiger partial charge is 0.251 e. The van der Waals surface area contributed by atoms with E-state index in [4.69, 9.17) is 4.74 Å². The van der Waals surface area contributed by atoms with Crippen molar-refractivity contribution < 1.29 is 18.7 Å². The summed E-state index contributed by atoms with van der Waals surface area (Å²) in [6.07, 6.45) is 0. The molecule has 172 valence electrons. The van der Waals surface area contributed by atoms with Crippen molar-refractivity contribution >= 4 is 35.2 Å². The van der Waals surface area contributed by atoms with Crippen LogP contribution in [-0.4, -0.2) is 65.7 Å². The number of amides is 2. The van der Waals surface area contributed by atoms with Crippen LogP contribution in [0.4, 0.5) is 16.0 Å². The van der Waals surface area contributed by atoms with Gasteiger partial charge in [0.05, 0.1) is 24.7 Å². The zero-order chi connectivity index (χ0) is 23.2. The van der Waals surface area contributed by atoms with Crippen LogP contribution in [0.15, 0.2) is 53.7 Å². The largest absolute Gasteiger partial charge is 0.378 e. The summed E-state index contributed by atoms with van der Waals surface area (Å²) in [7, 11) is 1.55. The third-order valence-corrected chi connectivity index (χ3v) is 5.87. The number of aromatic nitrogens is 3. The number of halogens is 1. The van der Waals surface area contributed by atoms with Crippen LogP contribution in [0.25, 0.3) is 5.69 Å². The van der Waals surface area contributed by atoms with E-state index in [-0.39, 0.29) is 23.4 Å². The van der Waals surface area contributed by atoms with Gasteiger partial charge in [0.15, 0.2) is 5.16 Å². The van der Waals surface area contributed by atoms with Gasteiger partial charge in [-0.15, -0.1) is 10.2 Å². The van der Waals surface area contributed by atoms with Crippen molar-refractivity contribution in [2.24, 2.45) is 0 Å². The molecular formula is C22H23FN6O3S. The molecule has 0 unspecified atom stereocenters. The van der Waals surface area contributed by atoms with E-state index in [1.165, 1.54) is 23.9 Å². The second-order valence-electron chi connectivity index (χ2n) is 7.19. The number of anilines is 2. The van der Waals surface area contributed by atoms with E-state index in [1.54, 1.807) is 48.0 Å². The van der Waals surface area contributed by atoms with Crippen LogP contribution >= 0.6 is 11.8 Å². The van der Waals surface area contributed by atoms with E-state index < -0.39 is 0 Å². The molecule has 1 fully saturated rings. The van der Waals surface area contributed by atoms with Crippen molar-refractivity contribution in [2.45, 2.75) is 5.16 Å². The Hall–Kier alpha value is -3.44. The van der Waals surface area contributed by atoms with Crippen LogP contribution in [0, 0.1) is 5.82 Å². The first-order valence-electron chi connectivity index (χ1n) is 10.3. The molecule has 0 aliphatic carbocycles. The number of nitrogens with zero attached hydrogens (tertiary/aromatic N) is 4. The van der Waals surface area contributed by atoms with Crippen molar-refractivity contribution in [2.75, 3.05) is 49.3 Å². The van der Waals surface area contributed by atoms with E-state index >= 15 is 0 Å². The highest BCUT2D eigenvalue weighted by atomic mass is 32.2. The molecule has 11 heteroatoms. The summed E-state index contributed by atoms with van der Waals surface area (Å²) in [5.41, 5.74) is 1.54. The van der Waals surface area contributed by atoms with E-state index in [1.807, 2.05) is 4.90 Å². The maximum Gasteiger partial charge on any atom is 0.251 e. The lowest BCUT2D eigenvalue weighted by Crippen LogP contribution is -2.37. The van der Waals surface area contributed by atoms with Gasteiger partial charge in [0.2, 0.25) is 11.9 Å². The number of nitrogens with one attached hydrogen (secondary N) is 2. The van der Waals surface area contributed by atoms with Crippen molar-refractivity contribution in [3.63, 3.8) is 0 Å². The normalized spacial score (nSPS) is 13.6. The number of morpholine rings is 1. The van der Waals surface area contributed by atoms with Gasteiger partial charge in [0.25, 0.3) is 5.91 Å². The predicted molar refractivity (Wildman–Crippen MR) is 124 cm³/mol. The molecule has 4 rings (SSSR count). The summed E-state index contributed by atoms with van der Waals surface area (Å²) >= 11 is 1.19. The number of ether oxygens (including phenoxy) is 1. The van der Waals surface area contributed by atoms with Crippen LogP contribution in [-0.2, 0) is 9.53 Å². The number of thioether (sulfide) groups is 1. The van der Waals surface area contributed by atoms with E-state index in [9.17, 15) is 14.0 Å². The lowest BCUT2D eigenvalue weighted by Gasteiger charge is -2.27. The Morgan fingerprint density at radius 1 is 1.12 bits per heavy atom. The molecule has 0 bridgehead atoms. The molecule has 0 saturated carbocycles. The van der Waals surface area contributed by atoms with Crippen LogP contribution in [0.2, 0.25) is 0 Å². The molecule has 1 aliphatic rings. The summed E-state index contributed by atoms with van der Waals surface area (Å²) < 4.78 is 21.1. The molecule has 2 aromatic carbocycles. The zero-order valence-corrected chi connectivity index (χ0v) is 18.8. The van der Waals surface area contributed by atoms with Gasteiger partial charge in [-0.25, -0.2) is 4.39 Å². The highest BCUT2D eigenvalue weighted by Gasteiger charge is 2.22. The Kier molecular flexibility index (Phi) is 7.20. The molecule has 33 heavy (non-hydrogen) atoms. The molecule has 9 nitrogen and oxygen atoms in total. The Morgan fingerprint density at radius 2 is 1.91 bits per heavy atom. The molecule has 3 aromatic rings. The van der Waals surface area contributed by atoms with Crippen LogP contribution in [0.5, 0.6) is 0 Å². The van der Waals surface area contributed by atoms with E-state index in [0.29, 0.717) is 54.3 Å². The van der Waals surface area contributed by atoms with Gasteiger partial charge in [-0.2, -0.15) is 0 Å². The van der Waals surface area contributed by atoms with Gasteiger partial charge in [0, 0.05) is 31.4 Å². The summed E-state index contributed by atoms with van der Waals surface area (Å²) in [5, 5.41) is 14.4. The quantitative estimate of drug-likeness (QED) is 0.511. The molecule has 2 amide bonds. The first kappa shape index (κ1) is 22.7. The fraction of sp³-hybridized carbons (Fsp3) is 0.273. The standard InChI is InChI=1S/C22H23FN6O3S/c1-24-20(31)15-4-2-6-17(12-15)25-19(30)14-33-22-27-26-21(28-8-10-32-11-9-28)29(22)18-7-3-5-16(23)13-18/h2-7,12-13H,8-11,14H2,1H3,(H,24,31)(H,25,30). The highest BCUT2D eigenvalue weighted by molar-refractivity contribution is 7.99. The summed E-state index contributed by atoms with van der Waals surface area (Å²) in [6, 6.07) is 12.8. The molecular weight excluding hydrogens is 447 g/mol. The molecule has 0 atom stereocenters. The van der Waals surface area contributed by atoms with Crippen molar-refractivity contribution in [3.8, 4) is 5.69 Å². The average Bonchev–Trinajstić information content (AvgIpc) is 3.27. The fourth-order valence-corrected chi connectivity index (χ4v) is 4.12. The van der Waals surface area contributed by atoms with Crippen molar-refractivity contribution in [1.82, 2.24) is 20.1 Å². The number of hydrogen-bond donors (Lipinski definition) is 2. The number of hydrogen-bond acceptors (Lipinski definition) is 7. The second kappa shape index (κ2) is 10.5. The van der Waals surface area contributed by atoms with Gasteiger partial charge in [-0.05, 0) is 36.4 Å². The third kappa shape index (κ3) is 5.49. The average molecular weight is 471 g/mol. The Bertz CT molecular complexity index is 1150. The highest BCUT2D eigenvalue weighted by Crippen LogP contribution is 2.27. The predicted octanol–water partition coefficient (Wildman–Crippen LogP) is 2.33. The Morgan fingerprint density at radius 3 is 2.67 bits per heavy atom. The molecule has 1 saturated heterocycles. The second-order valence-corrected chi connectivity index (χ2v) is 8.14. The minimum atomic E-state index is -0.376. The van der Waals surface area contributed by atoms with Gasteiger partial charge >= 0.3 is 0 Å². The molecule has 2 heterocycles. The van der Waals surface area contributed by atoms with E-state index in [0.717, 1.165) is 0 Å². The topological polar surface area (TPSA) is 101 Å². The lowest BCUT2D eigenvalue weighted by atomic mass is 10.2. The number of carbonyl (C=O) groups is 2. The summed E-state index contributed by atoms with van der Waals surface area (Å²) in [6.45, 7) is 2.41. The van der Waals surface area contributed by atoms with Gasteiger partial charge < -0.3 is 20.3 Å². The maximum atomic E-state index is 13.9. The molecule has 1 aliphatic heterocycles. The minimum Gasteiger partial charge on any atom is -0.378 e. The first-order valence-corrected chi connectivity index (χ1v) is 11.3. The SMILES string of the molecule is CNC(=O)c1cccc(NC(=O)CSc2nnc(N3CCOCC3)n2-c2cccc(F)c2)c1. The minimum absolute atomic E-state index is 0.0563. The number of benzene rings is 2. The Labute approximate surface area is 194 Å². The van der Waals surface area contributed by atoms with Gasteiger partial charge in [0.1, 0.15) is 5.82 Å². The Balaban J connectivity index is 1.51. The van der Waals surface area contributed by atoms with Crippen LogP contribution in [0.3, 0.4) is 0 Å². The summed E-state index contributed by atoms with van der Waals surface area (Å²) in [5.74, 6) is -0.250. The number of rotatable bonds is 7. The van der Waals surface area contributed by atoms with Crippen LogP contribution in [0.1, 0.15) is 10.4 Å². The zero-order valence-electron chi connectivity index (χ0n) is 18.0.